The molecular weight excluding hydrogens is 356 g/mol. The van der Waals surface area contributed by atoms with Gasteiger partial charge in [-0.05, 0) is 29.3 Å². The normalized spacial score (nSPS) is 10.6. The Balaban J connectivity index is 0.00000400. The molecule has 5 nitrogen and oxygen atoms in total. The maximum absolute atomic E-state index is 11.7. The zero-order valence-corrected chi connectivity index (χ0v) is 15.1. The van der Waals surface area contributed by atoms with Gasteiger partial charge in [0.2, 0.25) is 5.91 Å². The van der Waals surface area contributed by atoms with E-state index in [9.17, 15) is 9.59 Å². The summed E-state index contributed by atoms with van der Waals surface area (Å²) in [4.78, 5) is 23.2. The van der Waals surface area contributed by atoms with E-state index in [2.05, 4.69) is 5.32 Å². The highest BCUT2D eigenvalue weighted by molar-refractivity contribution is 7.07. The standard InChI is InChI=1S/C14H22N2O3S.BrH/c1-4-19-14(18)10-16(2,3)7-6-15-13(17)9-12-5-8-20-11-12;/h5,8,11H,4,6-7,9-10H2,1-3H3;1H. The summed E-state index contributed by atoms with van der Waals surface area (Å²) in [5.41, 5.74) is 1.03. The molecule has 0 unspecified atom stereocenters. The molecule has 0 aliphatic heterocycles. The molecule has 1 N–H and O–H groups in total. The van der Waals surface area contributed by atoms with Crippen molar-refractivity contribution < 1.29 is 35.8 Å². The molecule has 1 rings (SSSR count). The number of halogens is 1. The van der Waals surface area contributed by atoms with E-state index in [-0.39, 0.29) is 28.9 Å². The largest absolute Gasteiger partial charge is 1.00 e. The van der Waals surface area contributed by atoms with E-state index in [1.165, 1.54) is 0 Å². The van der Waals surface area contributed by atoms with Crippen molar-refractivity contribution in [3.8, 4) is 0 Å². The zero-order valence-electron chi connectivity index (χ0n) is 12.7. The van der Waals surface area contributed by atoms with E-state index < -0.39 is 0 Å². The van der Waals surface area contributed by atoms with Crippen LogP contribution < -0.4 is 22.3 Å². The summed E-state index contributed by atoms with van der Waals surface area (Å²) in [6.45, 7) is 3.75. The Labute approximate surface area is 140 Å². The highest BCUT2D eigenvalue weighted by atomic mass is 79.9. The molecule has 0 saturated carbocycles. The van der Waals surface area contributed by atoms with Crippen LogP contribution in [0.15, 0.2) is 16.8 Å². The lowest BCUT2D eigenvalue weighted by Gasteiger charge is -2.28. The van der Waals surface area contributed by atoms with Crippen molar-refractivity contribution in [3.63, 3.8) is 0 Å². The number of amides is 1. The minimum absolute atomic E-state index is 0. The van der Waals surface area contributed by atoms with Crippen molar-refractivity contribution in [2.75, 3.05) is 40.3 Å². The monoisotopic (exact) mass is 378 g/mol. The number of ether oxygens (including phenoxy) is 1. The van der Waals surface area contributed by atoms with Gasteiger partial charge in [-0.25, -0.2) is 4.79 Å². The van der Waals surface area contributed by atoms with Crippen LogP contribution in [-0.4, -0.2) is 56.7 Å². The van der Waals surface area contributed by atoms with Gasteiger partial charge in [-0.1, -0.05) is 0 Å². The van der Waals surface area contributed by atoms with Crippen LogP contribution in [0.25, 0.3) is 0 Å². The molecule has 0 atom stereocenters. The molecule has 0 radical (unpaired) electrons. The molecule has 0 aromatic carbocycles. The number of carbonyl (C=O) groups is 2. The van der Waals surface area contributed by atoms with Crippen molar-refractivity contribution in [1.29, 1.82) is 0 Å². The fraction of sp³-hybridized carbons (Fsp3) is 0.571. The zero-order chi connectivity index (χ0) is 15.0. The number of thiophene rings is 1. The molecule has 0 fully saturated rings. The van der Waals surface area contributed by atoms with Crippen molar-refractivity contribution in [2.24, 2.45) is 0 Å². The minimum Gasteiger partial charge on any atom is -1.00 e. The molecule has 0 aliphatic rings. The van der Waals surface area contributed by atoms with E-state index in [1.54, 1.807) is 18.3 Å². The summed E-state index contributed by atoms with van der Waals surface area (Å²) >= 11 is 1.59. The Kier molecular flexibility index (Phi) is 9.48. The first kappa shape index (κ1) is 20.1. The lowest BCUT2D eigenvalue weighted by molar-refractivity contribution is -0.881. The molecule has 0 saturated heterocycles. The van der Waals surface area contributed by atoms with Gasteiger partial charge >= 0.3 is 5.97 Å². The number of carbonyl (C=O) groups excluding carboxylic acids is 2. The third-order valence-electron chi connectivity index (χ3n) is 2.85. The maximum atomic E-state index is 11.7. The van der Waals surface area contributed by atoms with Gasteiger partial charge in [0.1, 0.15) is 0 Å². The number of rotatable bonds is 8. The minimum atomic E-state index is -0.206. The molecule has 0 spiro atoms. The Hall–Kier alpha value is -0.920. The maximum Gasteiger partial charge on any atom is 0.361 e. The molecular formula is C14H23BrN2O3S. The SMILES string of the molecule is CCOC(=O)C[N+](C)(C)CCNC(=O)Cc1ccsc1.[Br-]. The second-order valence-corrected chi connectivity index (χ2v) is 6.06. The van der Waals surface area contributed by atoms with Crippen LogP contribution in [0, 0.1) is 0 Å². The van der Waals surface area contributed by atoms with Crippen LogP contribution in [0.3, 0.4) is 0 Å². The van der Waals surface area contributed by atoms with Gasteiger partial charge in [0, 0.05) is 0 Å². The topological polar surface area (TPSA) is 55.4 Å². The number of nitrogens with zero attached hydrogens (tertiary/aromatic N) is 1. The van der Waals surface area contributed by atoms with E-state index in [1.807, 2.05) is 30.9 Å². The van der Waals surface area contributed by atoms with Crippen LogP contribution >= 0.6 is 11.3 Å². The molecule has 120 valence electrons. The van der Waals surface area contributed by atoms with Gasteiger partial charge in [0.15, 0.2) is 6.54 Å². The van der Waals surface area contributed by atoms with Crippen molar-refractivity contribution >= 4 is 23.2 Å². The summed E-state index contributed by atoms with van der Waals surface area (Å²) in [6.07, 6.45) is 0.412. The second-order valence-electron chi connectivity index (χ2n) is 5.28. The summed E-state index contributed by atoms with van der Waals surface area (Å²) in [6, 6.07) is 1.95. The number of nitrogens with one attached hydrogen (secondary N) is 1. The van der Waals surface area contributed by atoms with Crippen molar-refractivity contribution in [1.82, 2.24) is 5.32 Å². The molecule has 1 aromatic rings. The van der Waals surface area contributed by atoms with Crippen LogP contribution in [0.2, 0.25) is 0 Å². The first-order chi connectivity index (χ1) is 9.43. The first-order valence-electron chi connectivity index (χ1n) is 6.68. The van der Waals surface area contributed by atoms with Gasteiger partial charge < -0.3 is 31.5 Å². The van der Waals surface area contributed by atoms with E-state index >= 15 is 0 Å². The summed E-state index contributed by atoms with van der Waals surface area (Å²) < 4.78 is 5.43. The third-order valence-corrected chi connectivity index (χ3v) is 3.58. The number of quaternary nitrogens is 1. The highest BCUT2D eigenvalue weighted by Gasteiger charge is 2.20. The lowest BCUT2D eigenvalue weighted by atomic mass is 10.2. The van der Waals surface area contributed by atoms with Gasteiger partial charge in [0.05, 0.1) is 40.2 Å². The molecule has 1 aromatic heterocycles. The summed E-state index contributed by atoms with van der Waals surface area (Å²) in [7, 11) is 3.89. The second kappa shape index (κ2) is 9.92. The smallest absolute Gasteiger partial charge is 0.361 e. The van der Waals surface area contributed by atoms with Crippen molar-refractivity contribution in [2.45, 2.75) is 13.3 Å². The third kappa shape index (κ3) is 8.85. The van der Waals surface area contributed by atoms with Crippen LogP contribution in [0.4, 0.5) is 0 Å². The van der Waals surface area contributed by atoms with Gasteiger partial charge in [-0.2, -0.15) is 11.3 Å². The summed E-state index contributed by atoms with van der Waals surface area (Å²) in [5, 5.41) is 6.81. The molecule has 21 heavy (non-hydrogen) atoms. The number of esters is 1. The van der Waals surface area contributed by atoms with E-state index in [0.717, 1.165) is 5.56 Å². The van der Waals surface area contributed by atoms with Crippen molar-refractivity contribution in [3.05, 3.63) is 22.4 Å². The molecule has 0 bridgehead atoms. The predicted molar refractivity (Wildman–Crippen MR) is 79.5 cm³/mol. The molecule has 0 aliphatic carbocycles. The number of hydrogen-bond acceptors (Lipinski definition) is 4. The highest BCUT2D eigenvalue weighted by Crippen LogP contribution is 2.06. The predicted octanol–water partition coefficient (Wildman–Crippen LogP) is -1.95. The molecule has 1 heterocycles. The van der Waals surface area contributed by atoms with Gasteiger partial charge in [-0.15, -0.1) is 0 Å². The van der Waals surface area contributed by atoms with Crippen LogP contribution in [0.1, 0.15) is 12.5 Å². The van der Waals surface area contributed by atoms with Gasteiger partial charge in [-0.3, -0.25) is 4.79 Å². The summed E-state index contributed by atoms with van der Waals surface area (Å²) in [5.74, 6) is -0.193. The fourth-order valence-electron chi connectivity index (χ4n) is 1.77. The Morgan fingerprint density at radius 3 is 2.67 bits per heavy atom. The van der Waals surface area contributed by atoms with E-state index in [4.69, 9.17) is 4.74 Å². The molecule has 7 heteroatoms. The number of likely N-dealkylation sites (N-methyl/N-ethyl adjacent to an activating group) is 1. The number of hydrogen-bond donors (Lipinski definition) is 1. The van der Waals surface area contributed by atoms with E-state index in [0.29, 0.717) is 37.1 Å². The van der Waals surface area contributed by atoms with Gasteiger partial charge in [0.25, 0.3) is 0 Å². The Morgan fingerprint density at radius 1 is 1.38 bits per heavy atom. The fourth-order valence-corrected chi connectivity index (χ4v) is 2.44. The average Bonchev–Trinajstić information content (AvgIpc) is 2.80. The average molecular weight is 379 g/mol. The lowest BCUT2D eigenvalue weighted by Crippen LogP contribution is -3.00. The Morgan fingerprint density at radius 2 is 2.10 bits per heavy atom. The Bertz CT molecular complexity index is 435. The van der Waals surface area contributed by atoms with Crippen LogP contribution in [0.5, 0.6) is 0 Å². The first-order valence-corrected chi connectivity index (χ1v) is 7.62. The molecule has 1 amide bonds. The van der Waals surface area contributed by atoms with Crippen LogP contribution in [-0.2, 0) is 20.7 Å². The quantitative estimate of drug-likeness (QED) is 0.422.